The van der Waals surface area contributed by atoms with Gasteiger partial charge in [-0.2, -0.15) is 0 Å². The Morgan fingerprint density at radius 1 is 1.56 bits per heavy atom. The number of aldehydes is 1. The first kappa shape index (κ1) is 6.30. The smallest absolute Gasteiger partial charge is 0.150 e. The fourth-order valence-electron chi connectivity index (χ4n) is 0.526. The zero-order chi connectivity index (χ0) is 6.69. The Hall–Kier alpha value is -0.820. The molecule has 0 fully saturated rings. The molecule has 0 aromatic heterocycles. The number of rotatable bonds is 1. The maximum atomic E-state index is 10.1. The molecule has 45 valence electrons. The van der Waals surface area contributed by atoms with Gasteiger partial charge >= 0.3 is 0 Å². The largest absolute Gasteiger partial charge is 0.298 e. The molecule has 1 aromatic rings. The van der Waals surface area contributed by atoms with E-state index in [1.54, 1.807) is 18.2 Å². The van der Waals surface area contributed by atoms with Crippen LogP contribution in [0.25, 0.3) is 0 Å². The topological polar surface area (TPSA) is 17.1 Å². The van der Waals surface area contributed by atoms with Crippen LogP contribution in [0.2, 0.25) is 5.02 Å². The highest BCUT2D eigenvalue weighted by atomic mass is 35.5. The molecule has 1 rings (SSSR count). The molecule has 0 amide bonds. The van der Waals surface area contributed by atoms with Crippen molar-refractivity contribution in [2.45, 2.75) is 0 Å². The van der Waals surface area contributed by atoms with E-state index in [1.807, 2.05) is 0 Å². The number of hydrogen-bond donors (Lipinski definition) is 0. The van der Waals surface area contributed by atoms with Crippen LogP contribution < -0.4 is 0 Å². The van der Waals surface area contributed by atoms with Crippen LogP contribution in [-0.4, -0.2) is 6.29 Å². The zero-order valence-electron chi connectivity index (χ0n) is 4.60. The lowest BCUT2D eigenvalue weighted by Gasteiger charge is -1.86. The summed E-state index contributed by atoms with van der Waals surface area (Å²) >= 11 is 5.51. The third kappa shape index (κ3) is 1.54. The van der Waals surface area contributed by atoms with E-state index in [1.165, 1.54) is 0 Å². The Kier molecular flexibility index (Phi) is 1.85. The second-order valence-electron chi connectivity index (χ2n) is 1.57. The van der Waals surface area contributed by atoms with Crippen LogP contribution >= 0.6 is 11.6 Å². The van der Waals surface area contributed by atoms with E-state index in [-0.39, 0.29) is 0 Å². The van der Waals surface area contributed by atoms with E-state index in [2.05, 4.69) is 6.07 Å². The number of benzene rings is 1. The molecule has 0 heterocycles. The zero-order valence-corrected chi connectivity index (χ0v) is 5.35. The molecule has 0 N–H and O–H groups in total. The molecule has 9 heavy (non-hydrogen) atoms. The van der Waals surface area contributed by atoms with Crippen molar-refractivity contribution in [1.82, 2.24) is 0 Å². The summed E-state index contributed by atoms with van der Waals surface area (Å²) in [7, 11) is 0. The second kappa shape index (κ2) is 2.65. The molecule has 2 heteroatoms. The number of carbonyl (C=O) groups is 1. The van der Waals surface area contributed by atoms with Crippen molar-refractivity contribution in [3.8, 4) is 0 Å². The van der Waals surface area contributed by atoms with E-state index in [0.717, 1.165) is 0 Å². The van der Waals surface area contributed by atoms with Gasteiger partial charge in [0.2, 0.25) is 0 Å². The van der Waals surface area contributed by atoms with E-state index >= 15 is 0 Å². The third-order valence-electron chi connectivity index (χ3n) is 0.909. The lowest BCUT2D eigenvalue weighted by molar-refractivity contribution is 0.112. The third-order valence-corrected chi connectivity index (χ3v) is 1.13. The van der Waals surface area contributed by atoms with Gasteiger partial charge in [0.05, 0.1) is 0 Å². The van der Waals surface area contributed by atoms with Gasteiger partial charge in [-0.25, -0.2) is 0 Å². The molecule has 0 atom stereocenters. The lowest BCUT2D eigenvalue weighted by Crippen LogP contribution is -1.76. The highest BCUT2D eigenvalue weighted by Gasteiger charge is 1.89. The maximum absolute atomic E-state index is 10.1. The predicted molar refractivity (Wildman–Crippen MR) is 35.7 cm³/mol. The predicted octanol–water partition coefficient (Wildman–Crippen LogP) is 1.95. The molecule has 0 spiro atoms. The van der Waals surface area contributed by atoms with Crippen molar-refractivity contribution < 1.29 is 4.79 Å². The fourth-order valence-corrected chi connectivity index (χ4v) is 0.708. The van der Waals surface area contributed by atoms with E-state index < -0.39 is 0 Å². The van der Waals surface area contributed by atoms with Crippen LogP contribution in [0.3, 0.4) is 0 Å². The van der Waals surface area contributed by atoms with Crippen LogP contribution in [0.15, 0.2) is 18.2 Å². The number of halogens is 1. The van der Waals surface area contributed by atoms with E-state index in [4.69, 9.17) is 11.6 Å². The molecular formula is C7H4ClO. The standard InChI is InChI=1S/C7H4ClO/c8-7-3-1-2-6(4-7)5-9/h1-3,5H. The van der Waals surface area contributed by atoms with Crippen LogP contribution in [0, 0.1) is 6.07 Å². The van der Waals surface area contributed by atoms with Crippen LogP contribution in [0.4, 0.5) is 0 Å². The fraction of sp³-hybridized carbons (Fsp3) is 0. The molecule has 0 aliphatic carbocycles. The van der Waals surface area contributed by atoms with Gasteiger partial charge in [0.25, 0.3) is 0 Å². The highest BCUT2D eigenvalue weighted by Crippen LogP contribution is 2.06. The summed E-state index contributed by atoms with van der Waals surface area (Å²) in [4.78, 5) is 10.1. The molecule has 1 aromatic carbocycles. The minimum atomic E-state index is 0.472. The molecule has 0 saturated heterocycles. The SMILES string of the molecule is O=Cc1[c]c(Cl)ccc1. The Morgan fingerprint density at radius 3 is 2.78 bits per heavy atom. The first-order chi connectivity index (χ1) is 4.33. The van der Waals surface area contributed by atoms with Gasteiger partial charge in [-0.1, -0.05) is 23.7 Å². The summed E-state index contributed by atoms with van der Waals surface area (Å²) in [5.74, 6) is 0. The molecular weight excluding hydrogens is 136 g/mol. The molecule has 0 saturated carbocycles. The van der Waals surface area contributed by atoms with Crippen molar-refractivity contribution in [2.75, 3.05) is 0 Å². The Morgan fingerprint density at radius 2 is 2.33 bits per heavy atom. The highest BCUT2D eigenvalue weighted by molar-refractivity contribution is 6.30. The molecule has 0 aliphatic heterocycles. The quantitative estimate of drug-likeness (QED) is 0.544. The molecule has 1 radical (unpaired) electrons. The van der Waals surface area contributed by atoms with Gasteiger partial charge in [0.1, 0.15) is 0 Å². The Bertz CT molecular complexity index is 220. The van der Waals surface area contributed by atoms with Gasteiger partial charge in [-0.15, -0.1) is 0 Å². The van der Waals surface area contributed by atoms with Gasteiger partial charge in [0, 0.05) is 16.7 Å². The maximum Gasteiger partial charge on any atom is 0.150 e. The Labute approximate surface area is 58.3 Å². The first-order valence-electron chi connectivity index (χ1n) is 2.46. The Balaban J connectivity index is 3.07. The first-order valence-corrected chi connectivity index (χ1v) is 2.84. The second-order valence-corrected chi connectivity index (χ2v) is 1.98. The number of hydrogen-bond acceptors (Lipinski definition) is 1. The summed E-state index contributed by atoms with van der Waals surface area (Å²) in [6.07, 6.45) is 0.714. The van der Waals surface area contributed by atoms with Crippen molar-refractivity contribution in [1.29, 1.82) is 0 Å². The van der Waals surface area contributed by atoms with Crippen molar-refractivity contribution in [3.05, 3.63) is 34.9 Å². The van der Waals surface area contributed by atoms with E-state index in [9.17, 15) is 4.79 Å². The summed E-state index contributed by atoms with van der Waals surface area (Å²) in [5, 5.41) is 0.472. The van der Waals surface area contributed by atoms with Gasteiger partial charge in [-0.05, 0) is 6.07 Å². The summed E-state index contributed by atoms with van der Waals surface area (Å²) in [5.41, 5.74) is 0.488. The average Bonchev–Trinajstić information content (AvgIpc) is 1.88. The van der Waals surface area contributed by atoms with Gasteiger partial charge in [0.15, 0.2) is 6.29 Å². The van der Waals surface area contributed by atoms with Crippen molar-refractivity contribution in [2.24, 2.45) is 0 Å². The molecule has 0 aliphatic rings. The van der Waals surface area contributed by atoms with E-state index in [0.29, 0.717) is 16.9 Å². The summed E-state index contributed by atoms with van der Waals surface area (Å²) < 4.78 is 0. The van der Waals surface area contributed by atoms with Crippen molar-refractivity contribution in [3.63, 3.8) is 0 Å². The lowest BCUT2D eigenvalue weighted by atomic mass is 10.2. The number of carbonyl (C=O) groups excluding carboxylic acids is 1. The molecule has 1 nitrogen and oxygen atoms in total. The van der Waals surface area contributed by atoms with Crippen LogP contribution in [0.5, 0.6) is 0 Å². The minimum absolute atomic E-state index is 0.472. The van der Waals surface area contributed by atoms with Crippen molar-refractivity contribution >= 4 is 17.9 Å². The normalized spacial score (nSPS) is 9.00. The molecule has 0 unspecified atom stereocenters. The summed E-state index contributed by atoms with van der Waals surface area (Å²) in [6, 6.07) is 7.69. The molecule has 0 bridgehead atoms. The van der Waals surface area contributed by atoms with Crippen LogP contribution in [0.1, 0.15) is 10.4 Å². The van der Waals surface area contributed by atoms with Gasteiger partial charge < -0.3 is 0 Å². The van der Waals surface area contributed by atoms with Crippen LogP contribution in [-0.2, 0) is 0 Å². The average molecular weight is 140 g/mol. The van der Waals surface area contributed by atoms with Gasteiger partial charge in [-0.3, -0.25) is 4.79 Å². The monoisotopic (exact) mass is 139 g/mol. The minimum Gasteiger partial charge on any atom is -0.298 e. The summed E-state index contributed by atoms with van der Waals surface area (Å²) in [6.45, 7) is 0.